The Morgan fingerprint density at radius 2 is 0.912 bits per heavy atom. The molecule has 3 heteroatoms. The van der Waals surface area contributed by atoms with Crippen LogP contribution in [-0.2, 0) is 0 Å². The zero-order valence-corrected chi connectivity index (χ0v) is 20.9. The molecule has 0 fully saturated rings. The highest BCUT2D eigenvalue weighted by Crippen LogP contribution is 2.28. The van der Waals surface area contributed by atoms with Crippen LogP contribution in [0.1, 0.15) is 0 Å². The Morgan fingerprint density at radius 1 is 0.441 bits per heavy atom. The molecule has 3 aromatic carbocycles. The number of nitrogens with zero attached hydrogens (tertiary/aromatic N) is 2. The van der Waals surface area contributed by atoms with E-state index in [4.69, 9.17) is 0 Å². The molecule has 2 heterocycles. The Kier molecular flexibility index (Phi) is 5.95. The van der Waals surface area contributed by atoms with Gasteiger partial charge in [-0.25, -0.2) is 0 Å². The Hall–Kier alpha value is -3.82. The molecule has 0 aliphatic carbocycles. The molecule has 0 atom stereocenters. The summed E-state index contributed by atoms with van der Waals surface area (Å²) in [6.07, 6.45) is 3.65. The topological polar surface area (TPSA) is 25.8 Å². The van der Waals surface area contributed by atoms with Crippen LogP contribution in [0.25, 0.3) is 44.8 Å². The van der Waals surface area contributed by atoms with E-state index in [0.29, 0.717) is 0 Å². The van der Waals surface area contributed by atoms with E-state index in [1.807, 2.05) is 30.5 Å². The molecule has 0 aliphatic heterocycles. The zero-order chi connectivity index (χ0) is 23.5. The van der Waals surface area contributed by atoms with Gasteiger partial charge in [0.15, 0.2) is 0 Å². The number of aromatic nitrogens is 2. The van der Waals surface area contributed by atoms with Gasteiger partial charge in [0, 0.05) is 12.4 Å². The average Bonchev–Trinajstić information content (AvgIpc) is 2.89. The molecule has 0 unspecified atom stereocenters. The van der Waals surface area contributed by atoms with Gasteiger partial charge in [0.2, 0.25) is 0 Å². The highest BCUT2D eigenvalue weighted by Gasteiger charge is 2.15. The van der Waals surface area contributed by atoms with Gasteiger partial charge in [0.25, 0.3) is 0 Å². The molecule has 0 aliphatic rings. The molecule has 5 rings (SSSR count). The van der Waals surface area contributed by atoms with Gasteiger partial charge in [0.1, 0.15) is 0 Å². The highest BCUT2D eigenvalue weighted by atomic mass is 28.3. The second kappa shape index (κ2) is 9.20. The lowest BCUT2D eigenvalue weighted by Gasteiger charge is -2.16. The molecule has 0 saturated carbocycles. The Labute approximate surface area is 203 Å². The van der Waals surface area contributed by atoms with Crippen molar-refractivity contribution in [3.8, 4) is 44.8 Å². The lowest BCUT2D eigenvalue weighted by atomic mass is 9.98. The van der Waals surface area contributed by atoms with Crippen LogP contribution in [0.2, 0.25) is 19.6 Å². The summed E-state index contributed by atoms with van der Waals surface area (Å²) < 4.78 is 0. The van der Waals surface area contributed by atoms with Crippen molar-refractivity contribution in [1.82, 2.24) is 9.97 Å². The van der Waals surface area contributed by atoms with Crippen LogP contribution in [0.4, 0.5) is 0 Å². The SMILES string of the molecule is C[Si](C)(C)c1ccc(-c2ccc(-c3ccc(-c4ccnc(-c5ccccn5)c4)cc3)cc2)cc1. The van der Waals surface area contributed by atoms with Crippen molar-refractivity contribution < 1.29 is 0 Å². The summed E-state index contributed by atoms with van der Waals surface area (Å²) in [6.45, 7) is 7.16. The number of benzene rings is 3. The summed E-state index contributed by atoms with van der Waals surface area (Å²) in [5, 5.41) is 1.49. The molecule has 0 radical (unpaired) electrons. The fourth-order valence-electron chi connectivity index (χ4n) is 4.14. The summed E-state index contributed by atoms with van der Waals surface area (Å²) in [5.74, 6) is 0. The number of hydrogen-bond acceptors (Lipinski definition) is 2. The molecular formula is C31H28N2Si. The quantitative estimate of drug-likeness (QED) is 0.253. The van der Waals surface area contributed by atoms with E-state index in [1.165, 1.54) is 33.0 Å². The Bertz CT molecular complexity index is 1380. The molecule has 0 saturated heterocycles. The van der Waals surface area contributed by atoms with Gasteiger partial charge in [-0.3, -0.25) is 9.97 Å². The summed E-state index contributed by atoms with van der Waals surface area (Å²) >= 11 is 0. The third kappa shape index (κ3) is 4.75. The van der Waals surface area contributed by atoms with E-state index >= 15 is 0 Å². The maximum atomic E-state index is 4.49. The second-order valence-corrected chi connectivity index (χ2v) is 14.7. The van der Waals surface area contributed by atoms with E-state index in [1.54, 1.807) is 6.20 Å². The first-order valence-corrected chi connectivity index (χ1v) is 15.2. The van der Waals surface area contributed by atoms with Crippen molar-refractivity contribution in [2.45, 2.75) is 19.6 Å². The van der Waals surface area contributed by atoms with Crippen LogP contribution in [0.5, 0.6) is 0 Å². The second-order valence-electron chi connectivity index (χ2n) is 9.63. The normalized spacial score (nSPS) is 11.4. The van der Waals surface area contributed by atoms with Crippen LogP contribution in [0, 0.1) is 0 Å². The molecule has 2 nitrogen and oxygen atoms in total. The summed E-state index contributed by atoms with van der Waals surface area (Å²) in [6, 6.07) is 36.7. The summed E-state index contributed by atoms with van der Waals surface area (Å²) in [4.78, 5) is 8.91. The van der Waals surface area contributed by atoms with Crippen LogP contribution < -0.4 is 5.19 Å². The summed E-state index contributed by atoms with van der Waals surface area (Å²) in [7, 11) is -1.27. The lowest BCUT2D eigenvalue weighted by molar-refractivity contribution is 1.25. The van der Waals surface area contributed by atoms with E-state index in [9.17, 15) is 0 Å². The van der Waals surface area contributed by atoms with Crippen molar-refractivity contribution in [2.75, 3.05) is 0 Å². The van der Waals surface area contributed by atoms with Gasteiger partial charge in [-0.05, 0) is 57.6 Å². The van der Waals surface area contributed by atoms with Crippen molar-refractivity contribution in [2.24, 2.45) is 0 Å². The van der Waals surface area contributed by atoms with Gasteiger partial charge in [-0.15, -0.1) is 0 Å². The lowest BCUT2D eigenvalue weighted by Crippen LogP contribution is -2.37. The molecule has 166 valence electrons. The van der Waals surface area contributed by atoms with Crippen molar-refractivity contribution in [3.63, 3.8) is 0 Å². The molecular weight excluding hydrogens is 428 g/mol. The monoisotopic (exact) mass is 456 g/mol. The molecule has 0 N–H and O–H groups in total. The number of pyridine rings is 2. The fraction of sp³-hybridized carbons (Fsp3) is 0.0968. The van der Waals surface area contributed by atoms with E-state index in [-0.39, 0.29) is 0 Å². The minimum atomic E-state index is -1.27. The van der Waals surface area contributed by atoms with Crippen molar-refractivity contribution >= 4 is 13.3 Å². The largest absolute Gasteiger partial charge is 0.255 e. The minimum Gasteiger partial charge on any atom is -0.255 e. The van der Waals surface area contributed by atoms with Gasteiger partial charge >= 0.3 is 0 Å². The van der Waals surface area contributed by atoms with Crippen LogP contribution in [0.15, 0.2) is 116 Å². The van der Waals surface area contributed by atoms with Crippen molar-refractivity contribution in [3.05, 3.63) is 116 Å². The summed E-state index contributed by atoms with van der Waals surface area (Å²) in [5.41, 5.74) is 9.03. The van der Waals surface area contributed by atoms with E-state index in [2.05, 4.69) is 108 Å². The molecule has 0 amide bonds. The van der Waals surface area contributed by atoms with Gasteiger partial charge in [0.05, 0.1) is 19.5 Å². The first-order chi connectivity index (χ1) is 16.5. The Morgan fingerprint density at radius 3 is 1.38 bits per heavy atom. The zero-order valence-electron chi connectivity index (χ0n) is 19.9. The average molecular weight is 457 g/mol. The number of hydrogen-bond donors (Lipinski definition) is 0. The van der Waals surface area contributed by atoms with Crippen LogP contribution in [0.3, 0.4) is 0 Å². The van der Waals surface area contributed by atoms with Gasteiger partial charge in [-0.1, -0.05) is 104 Å². The molecule has 5 aromatic rings. The first kappa shape index (κ1) is 22.0. The van der Waals surface area contributed by atoms with E-state index < -0.39 is 8.07 Å². The minimum absolute atomic E-state index is 0.885. The predicted molar refractivity (Wildman–Crippen MR) is 147 cm³/mol. The molecule has 0 bridgehead atoms. The highest BCUT2D eigenvalue weighted by molar-refractivity contribution is 6.88. The number of rotatable bonds is 5. The molecule has 0 spiro atoms. The molecule has 2 aromatic heterocycles. The maximum absolute atomic E-state index is 4.49. The smallest absolute Gasteiger partial charge is 0.0892 e. The third-order valence-corrected chi connectivity index (χ3v) is 8.27. The molecule has 34 heavy (non-hydrogen) atoms. The predicted octanol–water partition coefficient (Wildman–Crippen LogP) is 7.69. The van der Waals surface area contributed by atoms with Crippen LogP contribution >= 0.6 is 0 Å². The fourth-order valence-corrected chi connectivity index (χ4v) is 5.30. The van der Waals surface area contributed by atoms with Crippen molar-refractivity contribution in [1.29, 1.82) is 0 Å². The maximum Gasteiger partial charge on any atom is 0.0892 e. The van der Waals surface area contributed by atoms with Gasteiger partial charge in [-0.2, -0.15) is 0 Å². The third-order valence-electron chi connectivity index (χ3n) is 6.21. The Balaban J connectivity index is 1.35. The van der Waals surface area contributed by atoms with Gasteiger partial charge < -0.3 is 0 Å². The first-order valence-electron chi connectivity index (χ1n) is 11.7. The van der Waals surface area contributed by atoms with E-state index in [0.717, 1.165) is 17.0 Å². The van der Waals surface area contributed by atoms with Crippen LogP contribution in [-0.4, -0.2) is 18.0 Å². The standard InChI is InChI=1S/C31H28N2Si/c1-34(2,3)29-17-15-26(16-18-29)25-9-7-23(8-10-25)24-11-13-27(14-12-24)28-19-21-33-31(22-28)30-6-4-5-20-32-30/h4-22H,1-3H3.